The Morgan fingerprint density at radius 3 is 2.36 bits per heavy atom. The summed E-state index contributed by atoms with van der Waals surface area (Å²) in [5.41, 5.74) is 5.87. The van der Waals surface area contributed by atoms with Crippen molar-refractivity contribution in [1.29, 1.82) is 0 Å². The van der Waals surface area contributed by atoms with Crippen LogP contribution in [0.25, 0.3) is 11.1 Å². The molecule has 3 N–H and O–H groups in total. The van der Waals surface area contributed by atoms with Crippen LogP contribution in [0.5, 0.6) is 0 Å². The number of unbranched alkanes of at least 4 members (excludes halogenated alkanes) is 3. The fourth-order valence-corrected chi connectivity index (χ4v) is 7.31. The highest BCUT2D eigenvalue weighted by atomic mass is 32.2. The van der Waals surface area contributed by atoms with Crippen LogP contribution in [0, 0.1) is 6.92 Å². The number of aliphatic hydroxyl groups is 1. The lowest BCUT2D eigenvalue weighted by molar-refractivity contribution is -0.245. The van der Waals surface area contributed by atoms with Crippen molar-refractivity contribution in [2.24, 2.45) is 0 Å². The zero-order valence-corrected chi connectivity index (χ0v) is 28.1. The molecule has 47 heavy (non-hydrogen) atoms. The van der Waals surface area contributed by atoms with E-state index < -0.39 is 12.3 Å². The SMILES string of the molecule is Cc1nnc(SC[C@@H]2C[C@H](c3ccc(CO)cc3)O[C@H](c3cccc(-c4cccc(CNC(=O)CCCCCCC(=O)O)c4)c3)O2)s1. The van der Waals surface area contributed by atoms with E-state index in [1.54, 1.807) is 23.1 Å². The van der Waals surface area contributed by atoms with Gasteiger partial charge < -0.3 is 25.0 Å². The number of carboxylic acids is 1. The normalized spacial score (nSPS) is 17.8. The number of carbonyl (C=O) groups is 2. The lowest BCUT2D eigenvalue weighted by Gasteiger charge is -2.36. The number of thioether (sulfide) groups is 1. The van der Waals surface area contributed by atoms with E-state index >= 15 is 0 Å². The van der Waals surface area contributed by atoms with Crippen molar-refractivity contribution in [2.75, 3.05) is 5.75 Å². The molecule has 1 amide bonds. The number of hydrogen-bond acceptors (Lipinski definition) is 9. The van der Waals surface area contributed by atoms with E-state index in [1.807, 2.05) is 55.5 Å². The van der Waals surface area contributed by atoms with Gasteiger partial charge in [0.1, 0.15) is 5.01 Å². The van der Waals surface area contributed by atoms with Crippen LogP contribution in [0.15, 0.2) is 77.1 Å². The summed E-state index contributed by atoms with van der Waals surface area (Å²) in [6.07, 6.45) is 3.54. The number of carbonyl (C=O) groups excluding carboxylic acids is 1. The van der Waals surface area contributed by atoms with Crippen LogP contribution in [-0.2, 0) is 32.2 Å². The smallest absolute Gasteiger partial charge is 0.303 e. The van der Waals surface area contributed by atoms with Crippen molar-refractivity contribution in [3.05, 3.63) is 100 Å². The zero-order chi connectivity index (χ0) is 33.0. The molecule has 2 heterocycles. The van der Waals surface area contributed by atoms with Gasteiger partial charge in [0.15, 0.2) is 10.6 Å². The highest BCUT2D eigenvalue weighted by Gasteiger charge is 2.32. The molecule has 9 nitrogen and oxygen atoms in total. The predicted octanol–water partition coefficient (Wildman–Crippen LogP) is 7.38. The summed E-state index contributed by atoms with van der Waals surface area (Å²) in [7, 11) is 0. The molecule has 4 aromatic rings. The average molecular weight is 676 g/mol. The lowest BCUT2D eigenvalue weighted by atomic mass is 9.99. The van der Waals surface area contributed by atoms with Gasteiger partial charge in [0.2, 0.25) is 5.91 Å². The van der Waals surface area contributed by atoms with Gasteiger partial charge in [-0.15, -0.1) is 10.2 Å². The highest BCUT2D eigenvalue weighted by molar-refractivity contribution is 8.01. The molecule has 0 radical (unpaired) electrons. The molecule has 1 aliphatic rings. The third-order valence-corrected chi connectivity index (χ3v) is 10.1. The number of benzene rings is 3. The Morgan fingerprint density at radius 2 is 1.64 bits per heavy atom. The molecule has 1 fully saturated rings. The van der Waals surface area contributed by atoms with Crippen molar-refractivity contribution in [3.63, 3.8) is 0 Å². The highest BCUT2D eigenvalue weighted by Crippen LogP contribution is 2.40. The lowest BCUT2D eigenvalue weighted by Crippen LogP contribution is -2.31. The number of carboxylic acid groups (broad SMARTS) is 1. The fourth-order valence-electron chi connectivity index (χ4n) is 5.45. The van der Waals surface area contributed by atoms with Crippen LogP contribution in [0.2, 0.25) is 0 Å². The maximum atomic E-state index is 12.4. The summed E-state index contributed by atoms with van der Waals surface area (Å²) < 4.78 is 14.0. The molecule has 0 unspecified atom stereocenters. The molecule has 3 aromatic carbocycles. The number of nitrogens with one attached hydrogen (secondary N) is 1. The monoisotopic (exact) mass is 675 g/mol. The number of amides is 1. The Morgan fingerprint density at radius 1 is 0.894 bits per heavy atom. The molecule has 5 rings (SSSR count). The first-order chi connectivity index (χ1) is 22.9. The van der Waals surface area contributed by atoms with E-state index in [9.17, 15) is 14.7 Å². The van der Waals surface area contributed by atoms with Gasteiger partial charge in [-0.1, -0.05) is 96.6 Å². The van der Waals surface area contributed by atoms with Crippen LogP contribution < -0.4 is 5.32 Å². The number of aryl methyl sites for hydroxylation is 1. The summed E-state index contributed by atoms with van der Waals surface area (Å²) in [6.45, 7) is 2.38. The maximum Gasteiger partial charge on any atom is 0.303 e. The number of aromatic nitrogens is 2. The molecule has 1 aromatic heterocycles. The summed E-state index contributed by atoms with van der Waals surface area (Å²) in [6, 6.07) is 24.2. The summed E-state index contributed by atoms with van der Waals surface area (Å²) in [5, 5.41) is 30.6. The summed E-state index contributed by atoms with van der Waals surface area (Å²) in [4.78, 5) is 23.0. The average Bonchev–Trinajstić information content (AvgIpc) is 3.52. The Labute approximate surface area is 283 Å². The number of aliphatic carboxylic acids is 1. The van der Waals surface area contributed by atoms with E-state index in [4.69, 9.17) is 14.6 Å². The molecule has 1 saturated heterocycles. The number of hydrogen-bond donors (Lipinski definition) is 3. The molecule has 248 valence electrons. The third-order valence-electron chi connectivity index (χ3n) is 7.97. The first-order valence-electron chi connectivity index (χ1n) is 16.0. The molecule has 11 heteroatoms. The van der Waals surface area contributed by atoms with E-state index in [1.165, 1.54) is 0 Å². The third kappa shape index (κ3) is 10.7. The van der Waals surface area contributed by atoms with Crippen molar-refractivity contribution in [3.8, 4) is 11.1 Å². The number of ether oxygens (including phenoxy) is 2. The van der Waals surface area contributed by atoms with E-state index in [0.29, 0.717) is 25.8 Å². The number of aliphatic hydroxyl groups excluding tert-OH is 1. The van der Waals surface area contributed by atoms with Crippen LogP contribution in [0.1, 0.15) is 84.6 Å². The largest absolute Gasteiger partial charge is 0.481 e. The van der Waals surface area contributed by atoms with Crippen molar-refractivity contribution >= 4 is 35.0 Å². The van der Waals surface area contributed by atoms with Crippen LogP contribution in [-0.4, -0.2) is 44.1 Å². The van der Waals surface area contributed by atoms with Gasteiger partial charge in [-0.2, -0.15) is 0 Å². The van der Waals surface area contributed by atoms with E-state index in [0.717, 1.165) is 67.7 Å². The minimum atomic E-state index is -0.776. The number of nitrogens with zero attached hydrogens (tertiary/aromatic N) is 2. The van der Waals surface area contributed by atoms with Gasteiger partial charge in [-0.25, -0.2) is 0 Å². The molecular weight excluding hydrogens is 635 g/mol. The second-order valence-electron chi connectivity index (χ2n) is 11.7. The molecule has 3 atom stereocenters. The minimum absolute atomic E-state index is 0.00300. The summed E-state index contributed by atoms with van der Waals surface area (Å²) >= 11 is 3.22. The molecule has 0 bridgehead atoms. The van der Waals surface area contributed by atoms with Gasteiger partial charge in [0.05, 0.1) is 18.8 Å². The molecule has 0 spiro atoms. The van der Waals surface area contributed by atoms with Crippen LogP contribution in [0.3, 0.4) is 0 Å². The van der Waals surface area contributed by atoms with Gasteiger partial charge in [-0.05, 0) is 59.7 Å². The zero-order valence-electron chi connectivity index (χ0n) is 26.5. The topological polar surface area (TPSA) is 131 Å². The van der Waals surface area contributed by atoms with E-state index in [2.05, 4.69) is 39.8 Å². The first kappa shape index (κ1) is 34.7. The maximum absolute atomic E-state index is 12.4. The van der Waals surface area contributed by atoms with Crippen LogP contribution in [0.4, 0.5) is 0 Å². The van der Waals surface area contributed by atoms with Crippen LogP contribution >= 0.6 is 23.1 Å². The first-order valence-corrected chi connectivity index (χ1v) is 17.8. The molecule has 0 saturated carbocycles. The fraction of sp³-hybridized carbons (Fsp3) is 0.389. The second-order valence-corrected chi connectivity index (χ2v) is 14.1. The van der Waals surface area contributed by atoms with Gasteiger partial charge in [0, 0.05) is 37.1 Å². The van der Waals surface area contributed by atoms with E-state index in [-0.39, 0.29) is 31.1 Å². The Kier molecular flexibility index (Phi) is 12.9. The van der Waals surface area contributed by atoms with Crippen molar-refractivity contribution < 1.29 is 29.3 Å². The molecule has 1 aliphatic heterocycles. The van der Waals surface area contributed by atoms with Crippen molar-refractivity contribution in [1.82, 2.24) is 15.5 Å². The quantitative estimate of drug-likeness (QED) is 0.0822. The standard InChI is InChI=1S/C36H41N3O6S2/c1-24-38-39-36(47-24)46-23-31-20-32(27-16-14-25(22-40)15-17-27)45-35(44-31)30-11-7-10-29(19-30)28-9-6-8-26(18-28)21-37-33(41)12-4-2-3-5-13-34(42)43/h6-11,14-19,31-32,35,40H,2-5,12-13,20-23H2,1H3,(H,37,41)(H,42,43)/t31-,32+,35+/m0/s1. The Bertz CT molecular complexity index is 1610. The molecular formula is C36H41N3O6S2. The Hall–Kier alpha value is -3.61. The molecule has 0 aliphatic carbocycles. The van der Waals surface area contributed by atoms with Gasteiger partial charge in [-0.3, -0.25) is 9.59 Å². The van der Waals surface area contributed by atoms with Crippen molar-refractivity contribution in [2.45, 2.75) is 87.9 Å². The predicted molar refractivity (Wildman–Crippen MR) is 183 cm³/mol. The Balaban J connectivity index is 1.23. The van der Waals surface area contributed by atoms with Gasteiger partial charge in [0.25, 0.3) is 0 Å². The number of rotatable bonds is 16. The summed E-state index contributed by atoms with van der Waals surface area (Å²) in [5.74, 6) is -0.0588. The second kappa shape index (κ2) is 17.5. The van der Waals surface area contributed by atoms with Gasteiger partial charge >= 0.3 is 5.97 Å². The minimum Gasteiger partial charge on any atom is -0.481 e.